The zero-order valence-corrected chi connectivity index (χ0v) is 27.9. The fourth-order valence-electron chi connectivity index (χ4n) is 8.79. The Morgan fingerprint density at radius 1 is 0.333 bits per heavy atom. The first-order chi connectivity index (χ1) is 25.3. The lowest BCUT2D eigenvalue weighted by molar-refractivity contribution is 1.01. The smallest absolute Gasteiger partial charge is 0.0541 e. The van der Waals surface area contributed by atoms with Crippen molar-refractivity contribution >= 4 is 60.3 Å². The Labute approximate surface area is 295 Å². The molecule has 0 atom stereocenters. The predicted octanol–water partition coefficient (Wildman–Crippen LogP) is 12.9. The molecule has 0 unspecified atom stereocenters. The second-order valence-electron chi connectivity index (χ2n) is 13.6. The van der Waals surface area contributed by atoms with Crippen molar-refractivity contribution in [2.75, 3.05) is 0 Å². The molecule has 1 aliphatic carbocycles. The van der Waals surface area contributed by atoms with Crippen molar-refractivity contribution < 1.29 is 0 Å². The minimum absolute atomic E-state index is 0.960. The third-order valence-electron chi connectivity index (χ3n) is 11.0. The molecule has 0 spiro atoms. The molecule has 0 aliphatic heterocycles. The number of allylic oxidation sites excluding steroid dienone is 1. The second-order valence-corrected chi connectivity index (χ2v) is 13.6. The van der Waals surface area contributed by atoms with Gasteiger partial charge in [-0.2, -0.15) is 0 Å². The summed E-state index contributed by atoms with van der Waals surface area (Å²) in [7, 11) is 0. The van der Waals surface area contributed by atoms with Gasteiger partial charge in [0.15, 0.2) is 0 Å². The molecule has 1 aliphatic rings. The van der Waals surface area contributed by atoms with Gasteiger partial charge in [0.2, 0.25) is 0 Å². The standard InChI is InChI=1S/C49H32N2/c1-3-17-42-40(15-1)48(32-24-28-34(29-25-32)50-44-20-8-5-12-36(44)37-13-6-9-21-45(37)50)41-16-2-4-18-43(41)49(42)33-26-30-35(31-27-33)51-46-22-10-7-14-38(46)39-19-11-23-47(39)51/h1-22,24-31H,23H2. The molecule has 0 amide bonds. The molecule has 0 saturated carbocycles. The lowest BCUT2D eigenvalue weighted by atomic mass is 9.86. The van der Waals surface area contributed by atoms with Crippen LogP contribution in [0.15, 0.2) is 176 Å². The first-order valence-corrected chi connectivity index (χ1v) is 17.8. The van der Waals surface area contributed by atoms with Crippen LogP contribution in [0.1, 0.15) is 11.3 Å². The van der Waals surface area contributed by atoms with Crippen molar-refractivity contribution in [3.8, 4) is 33.6 Å². The van der Waals surface area contributed by atoms with E-state index in [1.807, 2.05) is 0 Å². The van der Waals surface area contributed by atoms with Gasteiger partial charge < -0.3 is 9.13 Å². The molecule has 238 valence electrons. The highest BCUT2D eigenvalue weighted by Gasteiger charge is 2.20. The summed E-state index contributed by atoms with van der Waals surface area (Å²) in [5.74, 6) is 0. The van der Waals surface area contributed by atoms with E-state index in [9.17, 15) is 0 Å². The van der Waals surface area contributed by atoms with Crippen molar-refractivity contribution in [1.29, 1.82) is 0 Å². The van der Waals surface area contributed by atoms with Crippen LogP contribution in [-0.2, 0) is 6.42 Å². The molecule has 51 heavy (non-hydrogen) atoms. The topological polar surface area (TPSA) is 9.86 Å². The van der Waals surface area contributed by atoms with Gasteiger partial charge in [-0.15, -0.1) is 0 Å². The molecule has 0 N–H and O–H groups in total. The van der Waals surface area contributed by atoms with Gasteiger partial charge in [0.05, 0.1) is 16.6 Å². The molecule has 10 aromatic rings. The van der Waals surface area contributed by atoms with Crippen LogP contribution in [0.2, 0.25) is 0 Å². The van der Waals surface area contributed by atoms with Crippen LogP contribution < -0.4 is 0 Å². The highest BCUT2D eigenvalue weighted by atomic mass is 15.0. The summed E-state index contributed by atoms with van der Waals surface area (Å²) in [6.07, 6.45) is 5.52. The van der Waals surface area contributed by atoms with Crippen LogP contribution in [0.4, 0.5) is 0 Å². The zero-order chi connectivity index (χ0) is 33.5. The van der Waals surface area contributed by atoms with Crippen molar-refractivity contribution in [3.05, 3.63) is 187 Å². The average molecular weight is 649 g/mol. The van der Waals surface area contributed by atoms with E-state index in [1.54, 1.807) is 0 Å². The summed E-state index contributed by atoms with van der Waals surface area (Å²) < 4.78 is 4.83. The van der Waals surface area contributed by atoms with Crippen LogP contribution >= 0.6 is 0 Å². The fraction of sp³-hybridized carbons (Fsp3) is 0.0204. The molecule has 11 rings (SSSR count). The van der Waals surface area contributed by atoms with Crippen LogP contribution in [0.25, 0.3) is 94.0 Å². The SMILES string of the molecule is C1=Cc2c(n(-c3ccc(-c4c5ccccc5c(-c5ccc(-n6c7ccccc7c7ccccc76)cc5)c5ccccc45)cc3)c3ccccc23)C1. The number of nitrogens with zero attached hydrogens (tertiary/aromatic N) is 2. The van der Waals surface area contributed by atoms with Crippen molar-refractivity contribution in [2.24, 2.45) is 0 Å². The summed E-state index contributed by atoms with van der Waals surface area (Å²) in [6, 6.07) is 62.4. The van der Waals surface area contributed by atoms with Gasteiger partial charge in [0, 0.05) is 45.2 Å². The van der Waals surface area contributed by atoms with Gasteiger partial charge in [-0.25, -0.2) is 0 Å². The number of benzene rings is 8. The van der Waals surface area contributed by atoms with E-state index in [0.29, 0.717) is 0 Å². The molecule has 0 fully saturated rings. The molecule has 0 radical (unpaired) electrons. The summed E-state index contributed by atoms with van der Waals surface area (Å²) >= 11 is 0. The van der Waals surface area contributed by atoms with E-state index in [1.165, 1.54) is 99.1 Å². The molecule has 2 aromatic heterocycles. The Kier molecular flexibility index (Phi) is 6.05. The molecule has 2 heteroatoms. The Bertz CT molecular complexity index is 2910. The number of hydrogen-bond acceptors (Lipinski definition) is 0. The average Bonchev–Trinajstić information content (AvgIpc) is 3.89. The molecular formula is C49H32N2. The minimum Gasteiger partial charge on any atom is -0.313 e. The van der Waals surface area contributed by atoms with Crippen molar-refractivity contribution in [2.45, 2.75) is 6.42 Å². The monoisotopic (exact) mass is 648 g/mol. The summed E-state index contributed by atoms with van der Waals surface area (Å²) in [5.41, 5.74) is 13.8. The van der Waals surface area contributed by atoms with Gasteiger partial charge in [-0.3, -0.25) is 0 Å². The lowest BCUT2D eigenvalue weighted by Crippen LogP contribution is -1.99. The number of fused-ring (bicyclic) bond motifs is 8. The third-order valence-corrected chi connectivity index (χ3v) is 11.0. The van der Waals surface area contributed by atoms with E-state index < -0.39 is 0 Å². The quantitative estimate of drug-likeness (QED) is 0.168. The highest BCUT2D eigenvalue weighted by molar-refractivity contribution is 6.21. The molecule has 0 bridgehead atoms. The van der Waals surface area contributed by atoms with Crippen LogP contribution in [0.5, 0.6) is 0 Å². The van der Waals surface area contributed by atoms with E-state index in [2.05, 4.69) is 191 Å². The summed E-state index contributed by atoms with van der Waals surface area (Å²) in [4.78, 5) is 0. The maximum absolute atomic E-state index is 2.44. The fourth-order valence-corrected chi connectivity index (χ4v) is 8.79. The Morgan fingerprint density at radius 3 is 1.18 bits per heavy atom. The normalized spacial score (nSPS) is 12.5. The summed E-state index contributed by atoms with van der Waals surface area (Å²) in [6.45, 7) is 0. The largest absolute Gasteiger partial charge is 0.313 e. The Morgan fingerprint density at radius 2 is 0.706 bits per heavy atom. The number of para-hydroxylation sites is 3. The third kappa shape index (κ3) is 4.11. The Hall–Kier alpha value is -6.64. The number of aromatic nitrogens is 2. The van der Waals surface area contributed by atoms with Gasteiger partial charge in [0.1, 0.15) is 0 Å². The molecular weight excluding hydrogens is 617 g/mol. The van der Waals surface area contributed by atoms with E-state index in [0.717, 1.165) is 6.42 Å². The maximum atomic E-state index is 2.44. The van der Waals surface area contributed by atoms with Gasteiger partial charge in [0.25, 0.3) is 0 Å². The number of rotatable bonds is 4. The van der Waals surface area contributed by atoms with E-state index in [-0.39, 0.29) is 0 Å². The number of hydrogen-bond donors (Lipinski definition) is 0. The van der Waals surface area contributed by atoms with Gasteiger partial charge >= 0.3 is 0 Å². The maximum Gasteiger partial charge on any atom is 0.0541 e. The van der Waals surface area contributed by atoms with Crippen LogP contribution in [0, 0.1) is 0 Å². The lowest BCUT2D eigenvalue weighted by Gasteiger charge is -2.18. The summed E-state index contributed by atoms with van der Waals surface area (Å²) in [5, 5.41) is 8.94. The van der Waals surface area contributed by atoms with Crippen molar-refractivity contribution in [3.63, 3.8) is 0 Å². The van der Waals surface area contributed by atoms with Crippen LogP contribution in [0.3, 0.4) is 0 Å². The molecule has 2 nitrogen and oxygen atoms in total. The van der Waals surface area contributed by atoms with Crippen molar-refractivity contribution in [1.82, 2.24) is 9.13 Å². The first kappa shape index (κ1) is 28.2. The van der Waals surface area contributed by atoms with E-state index in [4.69, 9.17) is 0 Å². The molecule has 2 heterocycles. The zero-order valence-electron chi connectivity index (χ0n) is 27.9. The second kappa shape index (κ2) is 10.9. The van der Waals surface area contributed by atoms with E-state index >= 15 is 0 Å². The van der Waals surface area contributed by atoms with Gasteiger partial charge in [-0.1, -0.05) is 140 Å². The minimum atomic E-state index is 0.960. The predicted molar refractivity (Wildman–Crippen MR) is 216 cm³/mol. The molecule has 0 saturated heterocycles. The van der Waals surface area contributed by atoms with Crippen LogP contribution in [-0.4, -0.2) is 9.13 Å². The first-order valence-electron chi connectivity index (χ1n) is 17.8. The highest BCUT2D eigenvalue weighted by Crippen LogP contribution is 2.44. The van der Waals surface area contributed by atoms with Gasteiger partial charge in [-0.05, 0) is 86.3 Å². The Balaban J connectivity index is 1.07. The molecule has 8 aromatic carbocycles.